The molecule has 4 aliphatic rings. The molecule has 4 aliphatic carbocycles. The van der Waals surface area contributed by atoms with Gasteiger partial charge in [-0.2, -0.15) is 0 Å². The Kier molecular flexibility index (Phi) is 7.05. The van der Waals surface area contributed by atoms with E-state index in [9.17, 15) is 4.79 Å². The lowest BCUT2D eigenvalue weighted by atomic mass is 9.47. The molecule has 0 spiro atoms. The molecule has 0 saturated heterocycles. The number of fused-ring (bicyclic) bond motifs is 5. The monoisotopic (exact) mass is 452 g/mol. The van der Waals surface area contributed by atoms with E-state index in [0.29, 0.717) is 28.6 Å². The summed E-state index contributed by atoms with van der Waals surface area (Å²) in [6, 6.07) is 0. The highest BCUT2D eigenvalue weighted by Gasteiger charge is 2.58. The van der Waals surface area contributed by atoms with Gasteiger partial charge in [0.15, 0.2) is 0 Å². The quantitative estimate of drug-likeness (QED) is 0.299. The van der Waals surface area contributed by atoms with Crippen molar-refractivity contribution in [3.63, 3.8) is 0 Å². The summed E-state index contributed by atoms with van der Waals surface area (Å²) in [7, 11) is 0. The molecule has 0 radical (unpaired) electrons. The minimum Gasteiger partial charge on any atom is -0.463 e. The number of rotatable bonds is 6. The third kappa shape index (κ3) is 4.41. The van der Waals surface area contributed by atoms with Crippen LogP contribution in [0.1, 0.15) is 99.3 Å². The molecular weight excluding hydrogens is 404 g/mol. The Morgan fingerprint density at radius 3 is 2.48 bits per heavy atom. The zero-order valence-electron chi connectivity index (χ0n) is 22.2. The smallest absolute Gasteiger partial charge is 0.302 e. The van der Waals surface area contributed by atoms with Crippen molar-refractivity contribution in [2.45, 2.75) is 105 Å². The van der Waals surface area contributed by atoms with Crippen LogP contribution in [0.15, 0.2) is 36.0 Å². The lowest BCUT2D eigenvalue weighted by Crippen LogP contribution is -2.50. The molecule has 0 N–H and O–H groups in total. The minimum atomic E-state index is -0.113. The van der Waals surface area contributed by atoms with Gasteiger partial charge in [-0.15, -0.1) is 0 Å². The van der Waals surface area contributed by atoms with E-state index in [1.54, 1.807) is 6.92 Å². The SMILES string of the molecule is C=C(C)[C@@H](/C=C/[C@@H](C)[C@H]1CC[C@H]2C3=CCC4CC(OC(C)=O)CC[C@]4(C)[C@H]3CC[C@]12C)CC. The lowest BCUT2D eigenvalue weighted by Gasteiger charge is -2.58. The van der Waals surface area contributed by atoms with E-state index >= 15 is 0 Å². The maximum atomic E-state index is 11.5. The molecule has 9 atom stereocenters. The lowest BCUT2D eigenvalue weighted by molar-refractivity contribution is -0.152. The summed E-state index contributed by atoms with van der Waals surface area (Å²) < 4.78 is 5.64. The van der Waals surface area contributed by atoms with E-state index in [4.69, 9.17) is 4.74 Å². The van der Waals surface area contributed by atoms with Gasteiger partial charge in [-0.3, -0.25) is 4.79 Å². The van der Waals surface area contributed by atoms with E-state index in [0.717, 1.165) is 37.0 Å². The summed E-state index contributed by atoms with van der Waals surface area (Å²) in [5, 5.41) is 0. The second-order valence-corrected chi connectivity index (χ2v) is 12.6. The molecule has 2 heteroatoms. The molecule has 4 rings (SSSR count). The van der Waals surface area contributed by atoms with Gasteiger partial charge < -0.3 is 4.74 Å². The molecule has 33 heavy (non-hydrogen) atoms. The summed E-state index contributed by atoms with van der Waals surface area (Å²) in [5.74, 6) is 4.01. The fraction of sp³-hybridized carbons (Fsp3) is 0.774. The first kappa shape index (κ1) is 24.8. The molecule has 3 fully saturated rings. The Bertz CT molecular complexity index is 821. The molecule has 0 bridgehead atoms. The van der Waals surface area contributed by atoms with Crippen molar-refractivity contribution in [1.29, 1.82) is 0 Å². The molecular formula is C31H48O2. The maximum absolute atomic E-state index is 11.5. The highest BCUT2D eigenvalue weighted by Crippen LogP contribution is 2.66. The topological polar surface area (TPSA) is 26.3 Å². The Morgan fingerprint density at radius 1 is 1.12 bits per heavy atom. The molecule has 184 valence electrons. The van der Waals surface area contributed by atoms with Crippen molar-refractivity contribution in [1.82, 2.24) is 0 Å². The van der Waals surface area contributed by atoms with Crippen LogP contribution < -0.4 is 0 Å². The van der Waals surface area contributed by atoms with E-state index < -0.39 is 0 Å². The van der Waals surface area contributed by atoms with Crippen LogP contribution in [0, 0.1) is 46.3 Å². The molecule has 0 aliphatic heterocycles. The fourth-order valence-electron chi connectivity index (χ4n) is 8.81. The zero-order chi connectivity index (χ0) is 24.0. The van der Waals surface area contributed by atoms with E-state index in [1.165, 1.54) is 44.1 Å². The summed E-state index contributed by atoms with van der Waals surface area (Å²) in [6.45, 7) is 17.9. The van der Waals surface area contributed by atoms with Gasteiger partial charge in [-0.1, -0.05) is 63.6 Å². The summed E-state index contributed by atoms with van der Waals surface area (Å²) in [4.78, 5) is 11.5. The van der Waals surface area contributed by atoms with Crippen LogP contribution in [-0.4, -0.2) is 12.1 Å². The molecule has 0 aromatic heterocycles. The number of allylic oxidation sites excluding steroid dienone is 5. The Morgan fingerprint density at radius 2 is 1.82 bits per heavy atom. The van der Waals surface area contributed by atoms with Crippen LogP contribution in [0.25, 0.3) is 0 Å². The molecule has 2 unspecified atom stereocenters. The van der Waals surface area contributed by atoms with Crippen molar-refractivity contribution >= 4 is 5.97 Å². The summed E-state index contributed by atoms with van der Waals surface area (Å²) >= 11 is 0. The Balaban J connectivity index is 1.51. The van der Waals surface area contributed by atoms with Gasteiger partial charge in [0.2, 0.25) is 0 Å². The summed E-state index contributed by atoms with van der Waals surface area (Å²) in [6.07, 6.45) is 18.9. The van der Waals surface area contributed by atoms with Crippen LogP contribution in [0.2, 0.25) is 0 Å². The molecule has 3 saturated carbocycles. The first-order chi connectivity index (χ1) is 15.6. The predicted octanol–water partition coefficient (Wildman–Crippen LogP) is 8.29. The molecule has 0 aromatic carbocycles. The van der Waals surface area contributed by atoms with Crippen LogP contribution >= 0.6 is 0 Å². The van der Waals surface area contributed by atoms with E-state index in [1.807, 2.05) is 5.57 Å². The van der Waals surface area contributed by atoms with Crippen LogP contribution in [0.5, 0.6) is 0 Å². The van der Waals surface area contributed by atoms with Gasteiger partial charge in [0.05, 0.1) is 0 Å². The largest absolute Gasteiger partial charge is 0.463 e. The second-order valence-electron chi connectivity index (χ2n) is 12.6. The van der Waals surface area contributed by atoms with Crippen molar-refractivity contribution in [3.05, 3.63) is 36.0 Å². The van der Waals surface area contributed by atoms with Crippen LogP contribution in [0.3, 0.4) is 0 Å². The normalized spacial score (nSPS) is 42.0. The summed E-state index contributed by atoms with van der Waals surface area (Å²) in [5.41, 5.74) is 3.94. The average Bonchev–Trinajstić information content (AvgIpc) is 3.11. The predicted molar refractivity (Wildman–Crippen MR) is 138 cm³/mol. The number of carbonyl (C=O) groups is 1. The van der Waals surface area contributed by atoms with Crippen molar-refractivity contribution < 1.29 is 9.53 Å². The highest BCUT2D eigenvalue weighted by molar-refractivity contribution is 5.66. The minimum absolute atomic E-state index is 0.113. The maximum Gasteiger partial charge on any atom is 0.302 e. The fourth-order valence-corrected chi connectivity index (χ4v) is 8.81. The third-order valence-electron chi connectivity index (χ3n) is 10.8. The first-order valence-electron chi connectivity index (χ1n) is 13.8. The number of carbonyl (C=O) groups excluding carboxylic acids is 1. The van der Waals surface area contributed by atoms with Gasteiger partial charge in [0.1, 0.15) is 6.10 Å². The molecule has 0 amide bonds. The molecule has 2 nitrogen and oxygen atoms in total. The Hall–Kier alpha value is -1.31. The van der Waals surface area contributed by atoms with Crippen molar-refractivity contribution in [2.24, 2.45) is 46.3 Å². The van der Waals surface area contributed by atoms with Gasteiger partial charge in [-0.25, -0.2) is 0 Å². The van der Waals surface area contributed by atoms with E-state index in [-0.39, 0.29) is 12.1 Å². The second kappa shape index (κ2) is 9.38. The zero-order valence-corrected chi connectivity index (χ0v) is 22.2. The molecule has 0 heterocycles. The highest BCUT2D eigenvalue weighted by atomic mass is 16.5. The van der Waals surface area contributed by atoms with E-state index in [2.05, 4.69) is 59.4 Å². The van der Waals surface area contributed by atoms with Gasteiger partial charge in [0, 0.05) is 6.92 Å². The molecule has 0 aromatic rings. The third-order valence-corrected chi connectivity index (χ3v) is 10.8. The van der Waals surface area contributed by atoms with Gasteiger partial charge in [-0.05, 0) is 111 Å². The number of ether oxygens (including phenoxy) is 1. The first-order valence-corrected chi connectivity index (χ1v) is 13.8. The number of hydrogen-bond acceptors (Lipinski definition) is 2. The number of hydrogen-bond donors (Lipinski definition) is 0. The Labute approximate surface area is 203 Å². The van der Waals surface area contributed by atoms with Crippen LogP contribution in [-0.2, 0) is 9.53 Å². The van der Waals surface area contributed by atoms with Gasteiger partial charge >= 0.3 is 5.97 Å². The number of esters is 1. The van der Waals surface area contributed by atoms with Gasteiger partial charge in [0.25, 0.3) is 0 Å². The standard InChI is InChI=1S/C31H48O2/c1-8-23(20(2)3)10-9-21(4)27-13-14-28-26-12-11-24-19-25(33-22(5)32)15-17-30(24,6)29(26)16-18-31(27,28)7/h9-10,12,21,23-25,27-29H,2,8,11,13-19H2,1,3-7H3/b10-9+/t21-,23-,24?,25?,27-,28+,29+,30+,31-/m1/s1. The van der Waals surface area contributed by atoms with Crippen LogP contribution in [0.4, 0.5) is 0 Å². The van der Waals surface area contributed by atoms with Crippen molar-refractivity contribution in [3.8, 4) is 0 Å². The average molecular weight is 453 g/mol. The van der Waals surface area contributed by atoms with Crippen molar-refractivity contribution in [2.75, 3.05) is 0 Å².